The van der Waals surface area contributed by atoms with E-state index in [0.717, 1.165) is 7.11 Å². The molecule has 0 atom stereocenters. The van der Waals surface area contributed by atoms with Crippen LogP contribution in [0.15, 0.2) is 0 Å². The molecule has 0 unspecified atom stereocenters. The van der Waals surface area contributed by atoms with Gasteiger partial charge in [0, 0.05) is 38.3 Å². The topological polar surface area (TPSA) is 105 Å². The van der Waals surface area contributed by atoms with E-state index in [9.17, 15) is 13.2 Å². The van der Waals surface area contributed by atoms with Gasteiger partial charge in [-0.2, -0.15) is 12.7 Å². The van der Waals surface area contributed by atoms with Crippen LogP contribution in [0.2, 0.25) is 0 Å². The minimum atomic E-state index is -3.82. The maximum Gasteiger partial charge on any atom is 0.421 e. The van der Waals surface area contributed by atoms with E-state index in [0.29, 0.717) is 32.7 Å². The quantitative estimate of drug-likeness (QED) is 0.685. The Kier molecular flexibility index (Phi) is 5.13. The number of hydrogen-bond donors (Lipinski definition) is 2. The maximum absolute atomic E-state index is 11.9. The van der Waals surface area contributed by atoms with Crippen molar-refractivity contribution < 1.29 is 17.9 Å². The molecular formula is C10H22N4O4S. The standard InChI is InChI=1S/C10H22N4O4S/c1-10(2,8-11)13-4-6-14(7-5-13)19(16,17)12-9(15)18-3/h4-8,11H2,1-3H3,(H,12,15). The molecule has 8 nitrogen and oxygen atoms in total. The molecule has 1 heterocycles. The summed E-state index contributed by atoms with van der Waals surface area (Å²) in [4.78, 5) is 13.1. The van der Waals surface area contributed by atoms with Crippen LogP contribution in [0.3, 0.4) is 0 Å². The van der Waals surface area contributed by atoms with Gasteiger partial charge in [0.15, 0.2) is 0 Å². The smallest absolute Gasteiger partial charge is 0.421 e. The lowest BCUT2D eigenvalue weighted by molar-refractivity contribution is 0.0844. The first-order valence-electron chi connectivity index (χ1n) is 6.04. The number of piperazine rings is 1. The number of ether oxygens (including phenoxy) is 1. The minimum absolute atomic E-state index is 0.161. The number of nitrogens with two attached hydrogens (primary N) is 1. The molecule has 0 saturated carbocycles. The molecule has 1 fully saturated rings. The average Bonchev–Trinajstić information content (AvgIpc) is 2.38. The van der Waals surface area contributed by atoms with Gasteiger partial charge in [0.1, 0.15) is 0 Å². The van der Waals surface area contributed by atoms with Crippen molar-refractivity contribution in [3.63, 3.8) is 0 Å². The number of nitrogens with zero attached hydrogens (tertiary/aromatic N) is 2. The van der Waals surface area contributed by atoms with E-state index >= 15 is 0 Å². The molecule has 1 aliphatic rings. The first-order valence-corrected chi connectivity index (χ1v) is 7.48. The van der Waals surface area contributed by atoms with Gasteiger partial charge in [0.25, 0.3) is 0 Å². The zero-order valence-electron chi connectivity index (χ0n) is 11.5. The third-order valence-corrected chi connectivity index (χ3v) is 4.80. The van der Waals surface area contributed by atoms with Gasteiger partial charge in [-0.05, 0) is 13.8 Å². The first-order chi connectivity index (χ1) is 8.73. The van der Waals surface area contributed by atoms with E-state index in [1.54, 1.807) is 0 Å². The molecule has 19 heavy (non-hydrogen) atoms. The Morgan fingerprint density at radius 3 is 2.26 bits per heavy atom. The molecule has 0 aromatic heterocycles. The van der Waals surface area contributed by atoms with Crippen LogP contribution in [0.25, 0.3) is 0 Å². The number of carbonyl (C=O) groups excluding carboxylic acids is 1. The second-order valence-corrected chi connectivity index (χ2v) is 6.67. The number of methoxy groups -OCH3 is 1. The van der Waals surface area contributed by atoms with Crippen LogP contribution in [0.4, 0.5) is 4.79 Å². The van der Waals surface area contributed by atoms with E-state index in [-0.39, 0.29) is 5.54 Å². The van der Waals surface area contributed by atoms with Gasteiger partial charge in [-0.1, -0.05) is 0 Å². The van der Waals surface area contributed by atoms with Crippen molar-refractivity contribution in [1.82, 2.24) is 13.9 Å². The fraction of sp³-hybridized carbons (Fsp3) is 0.900. The summed E-state index contributed by atoms with van der Waals surface area (Å²) >= 11 is 0. The van der Waals surface area contributed by atoms with Crippen LogP contribution >= 0.6 is 0 Å². The Hall–Kier alpha value is -0.900. The molecule has 3 N–H and O–H groups in total. The molecule has 0 aromatic rings. The SMILES string of the molecule is COC(=O)NS(=O)(=O)N1CCN(C(C)(C)CN)CC1. The predicted octanol–water partition coefficient (Wildman–Crippen LogP) is -1.06. The van der Waals surface area contributed by atoms with Crippen molar-refractivity contribution in [2.24, 2.45) is 5.73 Å². The maximum atomic E-state index is 11.9. The molecule has 0 aliphatic carbocycles. The summed E-state index contributed by atoms with van der Waals surface area (Å²) in [5, 5.41) is 0. The summed E-state index contributed by atoms with van der Waals surface area (Å²) in [7, 11) is -2.70. The lowest BCUT2D eigenvalue weighted by atomic mass is 10.0. The van der Waals surface area contributed by atoms with E-state index in [4.69, 9.17) is 5.73 Å². The molecule has 0 radical (unpaired) electrons. The van der Waals surface area contributed by atoms with E-state index in [2.05, 4.69) is 9.64 Å². The Labute approximate surface area is 114 Å². The minimum Gasteiger partial charge on any atom is -0.452 e. The summed E-state index contributed by atoms with van der Waals surface area (Å²) in [5.41, 5.74) is 5.53. The second kappa shape index (κ2) is 6.04. The van der Waals surface area contributed by atoms with Crippen molar-refractivity contribution in [2.45, 2.75) is 19.4 Å². The Balaban J connectivity index is 2.61. The number of amides is 1. The summed E-state index contributed by atoms with van der Waals surface area (Å²) in [6.45, 7) is 6.32. The summed E-state index contributed by atoms with van der Waals surface area (Å²) < 4.78 is 31.1. The van der Waals surface area contributed by atoms with Crippen molar-refractivity contribution in [3.8, 4) is 0 Å². The van der Waals surface area contributed by atoms with E-state index in [1.807, 2.05) is 18.6 Å². The van der Waals surface area contributed by atoms with Gasteiger partial charge in [0.05, 0.1) is 7.11 Å². The zero-order chi connectivity index (χ0) is 14.7. The lowest BCUT2D eigenvalue weighted by Gasteiger charge is -2.42. The Morgan fingerprint density at radius 1 is 1.32 bits per heavy atom. The van der Waals surface area contributed by atoms with Gasteiger partial charge in [-0.3, -0.25) is 4.90 Å². The average molecular weight is 294 g/mol. The Morgan fingerprint density at radius 2 is 1.84 bits per heavy atom. The van der Waals surface area contributed by atoms with Gasteiger partial charge in [-0.15, -0.1) is 0 Å². The molecule has 112 valence electrons. The fourth-order valence-electron chi connectivity index (χ4n) is 1.87. The van der Waals surface area contributed by atoms with Crippen LogP contribution in [0.1, 0.15) is 13.8 Å². The fourth-order valence-corrected chi connectivity index (χ4v) is 2.94. The molecule has 0 spiro atoms. The van der Waals surface area contributed by atoms with E-state index < -0.39 is 16.3 Å². The first kappa shape index (κ1) is 16.2. The second-order valence-electron chi connectivity index (χ2n) is 5.00. The van der Waals surface area contributed by atoms with Crippen LogP contribution in [-0.4, -0.2) is 69.1 Å². The molecule has 9 heteroatoms. The molecule has 1 rings (SSSR count). The van der Waals surface area contributed by atoms with Gasteiger partial charge < -0.3 is 10.5 Å². The third-order valence-electron chi connectivity index (χ3n) is 3.33. The normalized spacial score (nSPS) is 19.2. The van der Waals surface area contributed by atoms with Gasteiger partial charge in [-0.25, -0.2) is 9.52 Å². The van der Waals surface area contributed by atoms with Crippen LogP contribution in [0, 0.1) is 0 Å². The van der Waals surface area contributed by atoms with Gasteiger partial charge >= 0.3 is 16.3 Å². The molecule has 0 aromatic carbocycles. The Bertz CT molecular complexity index is 415. The molecule has 1 aliphatic heterocycles. The highest BCUT2D eigenvalue weighted by molar-refractivity contribution is 7.87. The third kappa shape index (κ3) is 4.03. The highest BCUT2D eigenvalue weighted by Crippen LogP contribution is 2.16. The highest BCUT2D eigenvalue weighted by atomic mass is 32.2. The largest absolute Gasteiger partial charge is 0.452 e. The predicted molar refractivity (Wildman–Crippen MR) is 70.7 cm³/mol. The zero-order valence-corrected chi connectivity index (χ0v) is 12.4. The summed E-state index contributed by atoms with van der Waals surface area (Å²) in [6.07, 6.45) is -0.982. The number of hydrogen-bond acceptors (Lipinski definition) is 6. The van der Waals surface area contributed by atoms with Crippen LogP contribution < -0.4 is 10.5 Å². The summed E-state index contributed by atoms with van der Waals surface area (Å²) in [6, 6.07) is 0. The molecule has 1 amide bonds. The number of nitrogens with one attached hydrogen (secondary N) is 1. The molecule has 0 bridgehead atoms. The monoisotopic (exact) mass is 294 g/mol. The van der Waals surface area contributed by atoms with E-state index in [1.165, 1.54) is 4.31 Å². The number of carbonyl (C=O) groups is 1. The van der Waals surface area contributed by atoms with Gasteiger partial charge in [0.2, 0.25) is 0 Å². The highest BCUT2D eigenvalue weighted by Gasteiger charge is 2.33. The van der Waals surface area contributed by atoms with Crippen molar-refractivity contribution in [2.75, 3.05) is 39.8 Å². The van der Waals surface area contributed by atoms with Crippen molar-refractivity contribution >= 4 is 16.3 Å². The van der Waals surface area contributed by atoms with Crippen LogP contribution in [0.5, 0.6) is 0 Å². The molecular weight excluding hydrogens is 272 g/mol. The lowest BCUT2D eigenvalue weighted by Crippen LogP contribution is -2.59. The number of rotatable bonds is 4. The van der Waals surface area contributed by atoms with Crippen molar-refractivity contribution in [1.29, 1.82) is 0 Å². The summed E-state index contributed by atoms with van der Waals surface area (Å²) in [5.74, 6) is 0. The van der Waals surface area contributed by atoms with Crippen molar-refractivity contribution in [3.05, 3.63) is 0 Å². The molecule has 1 saturated heterocycles. The van der Waals surface area contributed by atoms with Crippen LogP contribution in [-0.2, 0) is 14.9 Å².